The predicted octanol–water partition coefficient (Wildman–Crippen LogP) is 2.39. The molecule has 1 heterocycles. The molecule has 3 heteroatoms. The van der Waals surface area contributed by atoms with Gasteiger partial charge in [-0.1, -0.05) is 31.2 Å². The van der Waals surface area contributed by atoms with Gasteiger partial charge < -0.3 is 14.8 Å². The molecular weight excluding hydrogens is 238 g/mol. The van der Waals surface area contributed by atoms with E-state index < -0.39 is 0 Å². The van der Waals surface area contributed by atoms with Crippen LogP contribution in [-0.2, 0) is 22.5 Å². The largest absolute Gasteiger partial charge is 0.381 e. The molecule has 2 rings (SSSR count). The van der Waals surface area contributed by atoms with Crippen molar-refractivity contribution in [3.8, 4) is 0 Å². The Morgan fingerprint density at radius 2 is 2.16 bits per heavy atom. The van der Waals surface area contributed by atoms with Crippen LogP contribution in [0.5, 0.6) is 0 Å². The highest BCUT2D eigenvalue weighted by molar-refractivity contribution is 5.26. The van der Waals surface area contributed by atoms with E-state index in [4.69, 9.17) is 9.47 Å². The Morgan fingerprint density at radius 3 is 2.89 bits per heavy atom. The van der Waals surface area contributed by atoms with Gasteiger partial charge >= 0.3 is 0 Å². The molecule has 0 amide bonds. The summed E-state index contributed by atoms with van der Waals surface area (Å²) in [4.78, 5) is 0. The Bertz CT molecular complexity index is 362. The number of hydrogen-bond donors (Lipinski definition) is 1. The number of benzene rings is 1. The van der Waals surface area contributed by atoms with Crippen molar-refractivity contribution in [2.24, 2.45) is 5.92 Å². The van der Waals surface area contributed by atoms with Crippen molar-refractivity contribution in [2.45, 2.75) is 26.4 Å². The van der Waals surface area contributed by atoms with Gasteiger partial charge in [0.1, 0.15) is 0 Å². The van der Waals surface area contributed by atoms with Crippen molar-refractivity contribution < 1.29 is 9.47 Å². The lowest BCUT2D eigenvalue weighted by atomic mass is 10.1. The van der Waals surface area contributed by atoms with Gasteiger partial charge in [0.05, 0.1) is 19.8 Å². The molecule has 1 unspecified atom stereocenters. The summed E-state index contributed by atoms with van der Waals surface area (Å²) in [6.45, 7) is 7.50. The van der Waals surface area contributed by atoms with Crippen LogP contribution in [0.4, 0.5) is 0 Å². The minimum atomic E-state index is 0.592. The Balaban J connectivity index is 1.77. The van der Waals surface area contributed by atoms with Crippen LogP contribution < -0.4 is 5.32 Å². The highest BCUT2D eigenvalue weighted by atomic mass is 16.5. The Labute approximate surface area is 116 Å². The average Bonchev–Trinajstić information content (AvgIpc) is 2.94. The quantitative estimate of drug-likeness (QED) is 0.731. The van der Waals surface area contributed by atoms with Crippen molar-refractivity contribution >= 4 is 0 Å². The second-order valence-electron chi connectivity index (χ2n) is 5.12. The number of ether oxygens (including phenoxy) is 2. The van der Waals surface area contributed by atoms with Gasteiger partial charge in [-0.05, 0) is 37.1 Å². The van der Waals surface area contributed by atoms with E-state index >= 15 is 0 Å². The van der Waals surface area contributed by atoms with Gasteiger partial charge in [0.25, 0.3) is 0 Å². The van der Waals surface area contributed by atoms with Crippen molar-refractivity contribution in [3.05, 3.63) is 35.4 Å². The second-order valence-corrected chi connectivity index (χ2v) is 5.12. The van der Waals surface area contributed by atoms with Crippen LogP contribution in [0.2, 0.25) is 0 Å². The van der Waals surface area contributed by atoms with E-state index in [2.05, 4.69) is 36.5 Å². The maximum atomic E-state index is 5.85. The summed E-state index contributed by atoms with van der Waals surface area (Å²) in [5, 5.41) is 3.37. The van der Waals surface area contributed by atoms with Gasteiger partial charge in [0.15, 0.2) is 0 Å². The molecule has 0 radical (unpaired) electrons. The van der Waals surface area contributed by atoms with Crippen molar-refractivity contribution in [2.75, 3.05) is 32.9 Å². The molecule has 0 aliphatic carbocycles. The van der Waals surface area contributed by atoms with Crippen molar-refractivity contribution in [1.29, 1.82) is 0 Å². The van der Waals surface area contributed by atoms with E-state index in [1.165, 1.54) is 11.1 Å². The summed E-state index contributed by atoms with van der Waals surface area (Å²) in [5.41, 5.74) is 2.71. The van der Waals surface area contributed by atoms with Gasteiger partial charge in [-0.3, -0.25) is 0 Å². The van der Waals surface area contributed by atoms with Crippen molar-refractivity contribution in [1.82, 2.24) is 5.32 Å². The number of hydrogen-bond acceptors (Lipinski definition) is 3. The van der Waals surface area contributed by atoms with Crippen molar-refractivity contribution in [3.63, 3.8) is 0 Å². The minimum Gasteiger partial charge on any atom is -0.381 e. The molecule has 1 fully saturated rings. The van der Waals surface area contributed by atoms with Gasteiger partial charge in [-0.15, -0.1) is 0 Å². The Hall–Kier alpha value is -0.900. The first-order valence-corrected chi connectivity index (χ1v) is 7.33. The maximum absolute atomic E-state index is 5.85. The molecule has 0 bridgehead atoms. The molecule has 19 heavy (non-hydrogen) atoms. The summed E-state index contributed by atoms with van der Waals surface area (Å²) in [5.74, 6) is 0.592. The summed E-state index contributed by atoms with van der Waals surface area (Å²) < 4.78 is 11.2. The third-order valence-corrected chi connectivity index (χ3v) is 3.57. The number of likely N-dealkylation sites (N-methyl/N-ethyl adjacent to an activating group) is 1. The predicted molar refractivity (Wildman–Crippen MR) is 77.3 cm³/mol. The van der Waals surface area contributed by atoms with E-state index in [0.717, 1.165) is 52.4 Å². The monoisotopic (exact) mass is 263 g/mol. The highest BCUT2D eigenvalue weighted by Gasteiger charge is 2.15. The minimum absolute atomic E-state index is 0.592. The lowest BCUT2D eigenvalue weighted by Crippen LogP contribution is -2.17. The molecule has 0 saturated carbocycles. The van der Waals surface area contributed by atoms with E-state index in [0.29, 0.717) is 5.92 Å². The third kappa shape index (κ3) is 4.94. The first kappa shape index (κ1) is 14.5. The zero-order valence-corrected chi connectivity index (χ0v) is 11.9. The van der Waals surface area contributed by atoms with Crippen LogP contribution >= 0.6 is 0 Å². The Morgan fingerprint density at radius 1 is 1.32 bits per heavy atom. The van der Waals surface area contributed by atoms with Crippen LogP contribution in [0.1, 0.15) is 24.5 Å². The first-order valence-electron chi connectivity index (χ1n) is 7.33. The molecule has 0 spiro atoms. The third-order valence-electron chi connectivity index (χ3n) is 3.57. The second kappa shape index (κ2) is 8.31. The van der Waals surface area contributed by atoms with Crippen LogP contribution in [0.3, 0.4) is 0 Å². The van der Waals surface area contributed by atoms with Gasteiger partial charge in [0, 0.05) is 12.5 Å². The molecule has 1 atom stereocenters. The molecule has 1 N–H and O–H groups in total. The summed E-state index contributed by atoms with van der Waals surface area (Å²) in [6, 6.07) is 8.57. The molecule has 1 aromatic carbocycles. The highest BCUT2D eigenvalue weighted by Crippen LogP contribution is 2.15. The van der Waals surface area contributed by atoms with Crippen LogP contribution in [0.25, 0.3) is 0 Å². The molecule has 0 aromatic heterocycles. The number of nitrogens with one attached hydrogen (secondary N) is 1. The lowest BCUT2D eigenvalue weighted by Gasteiger charge is -2.12. The summed E-state index contributed by atoms with van der Waals surface area (Å²) >= 11 is 0. The molecule has 1 aliphatic heterocycles. The summed E-state index contributed by atoms with van der Waals surface area (Å²) in [7, 11) is 0. The maximum Gasteiger partial charge on any atom is 0.0719 e. The SMILES string of the molecule is CCNCCc1ccccc1COCC1CCOC1. The standard InChI is InChI=1S/C16H25NO2/c1-2-17-9-7-15-5-3-4-6-16(15)13-19-12-14-8-10-18-11-14/h3-6,14,17H,2,7-13H2,1H3. The molecule has 106 valence electrons. The van der Waals surface area contributed by atoms with Crippen LogP contribution in [0, 0.1) is 5.92 Å². The fourth-order valence-corrected chi connectivity index (χ4v) is 2.39. The van der Waals surface area contributed by atoms with Crippen LogP contribution in [-0.4, -0.2) is 32.9 Å². The van der Waals surface area contributed by atoms with Gasteiger partial charge in [0.2, 0.25) is 0 Å². The molecule has 1 aromatic rings. The first-order chi connectivity index (χ1) is 9.40. The molecular formula is C16H25NO2. The summed E-state index contributed by atoms with van der Waals surface area (Å²) in [6.07, 6.45) is 2.21. The Kier molecular flexibility index (Phi) is 6.34. The molecule has 3 nitrogen and oxygen atoms in total. The molecule has 1 saturated heterocycles. The van der Waals surface area contributed by atoms with E-state index in [9.17, 15) is 0 Å². The van der Waals surface area contributed by atoms with Crippen LogP contribution in [0.15, 0.2) is 24.3 Å². The number of rotatable bonds is 8. The zero-order valence-electron chi connectivity index (χ0n) is 11.9. The topological polar surface area (TPSA) is 30.5 Å². The van der Waals surface area contributed by atoms with E-state index in [1.54, 1.807) is 0 Å². The van der Waals surface area contributed by atoms with E-state index in [1.807, 2.05) is 0 Å². The van der Waals surface area contributed by atoms with E-state index in [-0.39, 0.29) is 0 Å². The normalized spacial score (nSPS) is 18.9. The fraction of sp³-hybridized carbons (Fsp3) is 0.625. The van der Waals surface area contributed by atoms with Gasteiger partial charge in [-0.25, -0.2) is 0 Å². The average molecular weight is 263 g/mol. The lowest BCUT2D eigenvalue weighted by molar-refractivity contribution is 0.0787. The zero-order chi connectivity index (χ0) is 13.3. The van der Waals surface area contributed by atoms with Gasteiger partial charge in [-0.2, -0.15) is 0 Å². The molecule has 1 aliphatic rings. The fourth-order valence-electron chi connectivity index (χ4n) is 2.39. The smallest absolute Gasteiger partial charge is 0.0719 e.